The fourth-order valence-electron chi connectivity index (χ4n) is 1.41. The first-order valence-corrected chi connectivity index (χ1v) is 5.10. The Labute approximate surface area is 94.0 Å². The molecule has 0 fully saturated rings. The van der Waals surface area contributed by atoms with Crippen molar-refractivity contribution in [1.82, 2.24) is 4.98 Å². The number of aliphatic hydroxyl groups is 1. The van der Waals surface area contributed by atoms with Crippen molar-refractivity contribution in [3.05, 3.63) is 23.4 Å². The fourth-order valence-corrected chi connectivity index (χ4v) is 1.41. The predicted octanol–water partition coefficient (Wildman–Crippen LogP) is 1.21. The van der Waals surface area contributed by atoms with Crippen LogP contribution in [-0.4, -0.2) is 23.2 Å². The Kier molecular flexibility index (Phi) is 4.25. The highest BCUT2D eigenvalue weighted by Gasteiger charge is 2.29. The van der Waals surface area contributed by atoms with E-state index in [2.05, 4.69) is 4.98 Å². The molecule has 0 saturated heterocycles. The number of carbonyl (C=O) groups excluding carboxylic acids is 1. The largest absolute Gasteiger partial charge is 0.481 e. The summed E-state index contributed by atoms with van der Waals surface area (Å²) in [6.45, 7) is 4.10. The van der Waals surface area contributed by atoms with E-state index in [9.17, 15) is 9.90 Å². The van der Waals surface area contributed by atoms with E-state index >= 15 is 0 Å². The number of ether oxygens (including phenoxy) is 2. The minimum atomic E-state index is -1.23. The SMILES string of the molecule is CC.COc1nccc2c1COC(=O)C2O. The summed E-state index contributed by atoms with van der Waals surface area (Å²) in [5.41, 5.74) is 1.13. The van der Waals surface area contributed by atoms with Crippen LogP contribution in [-0.2, 0) is 16.1 Å². The molecule has 5 nitrogen and oxygen atoms in total. The van der Waals surface area contributed by atoms with E-state index in [1.165, 1.54) is 13.3 Å². The van der Waals surface area contributed by atoms with Gasteiger partial charge in [0, 0.05) is 11.8 Å². The number of hydrogen-bond donors (Lipinski definition) is 1. The molecule has 1 atom stereocenters. The van der Waals surface area contributed by atoms with Crippen LogP contribution in [0.25, 0.3) is 0 Å². The van der Waals surface area contributed by atoms with Crippen molar-refractivity contribution in [1.29, 1.82) is 0 Å². The maximum atomic E-state index is 11.0. The smallest absolute Gasteiger partial charge is 0.340 e. The van der Waals surface area contributed by atoms with Crippen LogP contribution in [0.2, 0.25) is 0 Å². The molecule has 16 heavy (non-hydrogen) atoms. The number of hydrogen-bond acceptors (Lipinski definition) is 5. The highest BCUT2D eigenvalue weighted by molar-refractivity contribution is 5.78. The van der Waals surface area contributed by atoms with Gasteiger partial charge in [0.05, 0.1) is 12.7 Å². The zero-order chi connectivity index (χ0) is 12.1. The molecule has 2 rings (SSSR count). The van der Waals surface area contributed by atoms with Crippen LogP contribution < -0.4 is 4.74 Å². The maximum Gasteiger partial charge on any atom is 0.340 e. The Morgan fingerprint density at radius 2 is 2.25 bits per heavy atom. The van der Waals surface area contributed by atoms with Gasteiger partial charge in [-0.05, 0) is 6.07 Å². The number of fused-ring (bicyclic) bond motifs is 1. The monoisotopic (exact) mass is 225 g/mol. The van der Waals surface area contributed by atoms with Gasteiger partial charge in [0.2, 0.25) is 5.88 Å². The second-order valence-electron chi connectivity index (χ2n) is 2.90. The molecular weight excluding hydrogens is 210 g/mol. The van der Waals surface area contributed by atoms with Crippen molar-refractivity contribution in [3.8, 4) is 5.88 Å². The average molecular weight is 225 g/mol. The van der Waals surface area contributed by atoms with Crippen molar-refractivity contribution < 1.29 is 19.4 Å². The summed E-state index contributed by atoms with van der Waals surface area (Å²) in [6, 6.07) is 1.59. The summed E-state index contributed by atoms with van der Waals surface area (Å²) < 4.78 is 9.73. The summed E-state index contributed by atoms with van der Waals surface area (Å²) >= 11 is 0. The lowest BCUT2D eigenvalue weighted by Gasteiger charge is -2.21. The standard InChI is InChI=1S/C9H9NO4.C2H6/c1-13-8-6-4-14-9(12)7(11)5(6)2-3-10-8;1-2/h2-3,7,11H,4H2,1H3;1-2H3. The van der Waals surface area contributed by atoms with Gasteiger partial charge in [-0.25, -0.2) is 9.78 Å². The van der Waals surface area contributed by atoms with Crippen LogP contribution in [0.3, 0.4) is 0 Å². The molecule has 88 valence electrons. The molecule has 0 bridgehead atoms. The van der Waals surface area contributed by atoms with Crippen molar-refractivity contribution in [2.24, 2.45) is 0 Å². The number of aromatic nitrogens is 1. The van der Waals surface area contributed by atoms with Gasteiger partial charge in [0.1, 0.15) is 6.61 Å². The zero-order valence-corrected chi connectivity index (χ0v) is 9.56. The summed E-state index contributed by atoms with van der Waals surface area (Å²) in [4.78, 5) is 15.0. The number of aliphatic hydroxyl groups excluding tert-OH is 1. The van der Waals surface area contributed by atoms with Gasteiger partial charge in [0.25, 0.3) is 0 Å². The van der Waals surface area contributed by atoms with E-state index in [1.807, 2.05) is 13.8 Å². The third-order valence-corrected chi connectivity index (χ3v) is 2.12. The van der Waals surface area contributed by atoms with Crippen LogP contribution in [0, 0.1) is 0 Å². The minimum Gasteiger partial charge on any atom is -0.481 e. The van der Waals surface area contributed by atoms with Gasteiger partial charge in [-0.15, -0.1) is 0 Å². The van der Waals surface area contributed by atoms with Crippen LogP contribution in [0.5, 0.6) is 5.88 Å². The van der Waals surface area contributed by atoms with E-state index in [1.54, 1.807) is 6.07 Å². The molecule has 1 unspecified atom stereocenters. The Balaban J connectivity index is 0.000000606. The number of cyclic esters (lactones) is 1. The zero-order valence-electron chi connectivity index (χ0n) is 9.56. The number of rotatable bonds is 1. The Morgan fingerprint density at radius 1 is 1.56 bits per heavy atom. The van der Waals surface area contributed by atoms with Crippen LogP contribution in [0.4, 0.5) is 0 Å². The number of esters is 1. The summed E-state index contributed by atoms with van der Waals surface area (Å²) in [5.74, 6) is -0.250. The molecule has 0 saturated carbocycles. The Bertz CT molecular complexity index is 378. The summed E-state index contributed by atoms with van der Waals surface area (Å²) in [5, 5.41) is 9.49. The topological polar surface area (TPSA) is 68.7 Å². The van der Waals surface area contributed by atoms with E-state index in [-0.39, 0.29) is 6.61 Å². The Hall–Kier alpha value is -1.62. The van der Waals surface area contributed by atoms with Crippen LogP contribution in [0.15, 0.2) is 12.3 Å². The van der Waals surface area contributed by atoms with E-state index in [4.69, 9.17) is 9.47 Å². The lowest BCUT2D eigenvalue weighted by atomic mass is 10.0. The molecule has 0 radical (unpaired) electrons. The van der Waals surface area contributed by atoms with E-state index < -0.39 is 12.1 Å². The van der Waals surface area contributed by atoms with Gasteiger partial charge in [-0.1, -0.05) is 13.8 Å². The first kappa shape index (κ1) is 12.4. The number of nitrogens with zero attached hydrogens (tertiary/aromatic N) is 1. The molecule has 1 N–H and O–H groups in total. The van der Waals surface area contributed by atoms with Gasteiger partial charge in [0.15, 0.2) is 6.10 Å². The highest BCUT2D eigenvalue weighted by atomic mass is 16.5. The Morgan fingerprint density at radius 3 is 2.88 bits per heavy atom. The van der Waals surface area contributed by atoms with Crippen molar-refractivity contribution in [2.75, 3.05) is 7.11 Å². The third kappa shape index (κ3) is 2.14. The first-order valence-electron chi connectivity index (χ1n) is 5.10. The molecule has 1 aromatic heterocycles. The fraction of sp³-hybridized carbons (Fsp3) is 0.455. The van der Waals surface area contributed by atoms with E-state index in [0.717, 1.165) is 0 Å². The van der Waals surface area contributed by atoms with Gasteiger partial charge < -0.3 is 14.6 Å². The number of methoxy groups -OCH3 is 1. The second-order valence-corrected chi connectivity index (χ2v) is 2.90. The minimum absolute atomic E-state index is 0.0994. The number of pyridine rings is 1. The maximum absolute atomic E-state index is 11.0. The highest BCUT2D eigenvalue weighted by Crippen LogP contribution is 2.30. The van der Waals surface area contributed by atoms with Crippen LogP contribution >= 0.6 is 0 Å². The molecule has 0 aromatic carbocycles. The summed E-state index contributed by atoms with van der Waals surface area (Å²) in [6.07, 6.45) is 0.259. The molecular formula is C11H15NO4. The molecule has 5 heteroatoms. The molecule has 1 aliphatic heterocycles. The van der Waals surface area contributed by atoms with Crippen molar-refractivity contribution in [3.63, 3.8) is 0 Å². The van der Waals surface area contributed by atoms with Gasteiger partial charge >= 0.3 is 5.97 Å². The molecule has 0 spiro atoms. The quantitative estimate of drug-likeness (QED) is 0.727. The average Bonchev–Trinajstić information content (AvgIpc) is 2.36. The van der Waals surface area contributed by atoms with Gasteiger partial charge in [-0.2, -0.15) is 0 Å². The van der Waals surface area contributed by atoms with Crippen molar-refractivity contribution >= 4 is 5.97 Å². The molecule has 1 aliphatic rings. The first-order chi connectivity index (χ1) is 7.74. The molecule has 1 aromatic rings. The molecule has 2 heterocycles. The van der Waals surface area contributed by atoms with Crippen LogP contribution in [0.1, 0.15) is 31.1 Å². The molecule has 0 aliphatic carbocycles. The van der Waals surface area contributed by atoms with Gasteiger partial charge in [-0.3, -0.25) is 0 Å². The third-order valence-electron chi connectivity index (χ3n) is 2.12. The predicted molar refractivity (Wildman–Crippen MR) is 56.9 cm³/mol. The summed E-state index contributed by atoms with van der Waals surface area (Å²) in [7, 11) is 1.48. The number of carbonyl (C=O) groups is 1. The van der Waals surface area contributed by atoms with E-state index in [0.29, 0.717) is 17.0 Å². The lowest BCUT2D eigenvalue weighted by Crippen LogP contribution is -2.23. The molecule has 0 amide bonds. The second kappa shape index (κ2) is 5.46. The normalized spacial score (nSPS) is 17.8. The lowest BCUT2D eigenvalue weighted by molar-refractivity contribution is -0.157. The van der Waals surface area contributed by atoms with Crippen molar-refractivity contribution in [2.45, 2.75) is 26.6 Å².